The minimum absolute atomic E-state index is 0.0538. The van der Waals surface area contributed by atoms with Crippen molar-refractivity contribution in [2.24, 2.45) is 69.0 Å². The lowest BCUT2D eigenvalue weighted by molar-refractivity contribution is -0.143. The number of ketones is 3. The molecule has 14 amide bonds. The first kappa shape index (κ1) is 93.2. The van der Waals surface area contributed by atoms with Crippen LogP contribution in [0, 0.1) is 51.8 Å². The summed E-state index contributed by atoms with van der Waals surface area (Å²) in [7, 11) is 0. The maximum atomic E-state index is 13.9. The highest BCUT2D eigenvalue weighted by Gasteiger charge is 2.72. The molecule has 15 atom stereocenters. The summed E-state index contributed by atoms with van der Waals surface area (Å²) in [4.78, 5) is 198. The molecule has 9 aliphatic rings. The highest BCUT2D eigenvalue weighted by atomic mass is 16.6. The third-order valence-electron chi connectivity index (χ3n) is 25.3. The lowest BCUT2D eigenvalue weighted by atomic mass is 9.97. The van der Waals surface area contributed by atoms with Crippen LogP contribution in [0.15, 0.2) is 0 Å². The summed E-state index contributed by atoms with van der Waals surface area (Å²) in [6.45, 7) is 30.2. The van der Waals surface area contributed by atoms with E-state index >= 15 is 0 Å². The van der Waals surface area contributed by atoms with Crippen LogP contribution in [-0.4, -0.2) is 194 Å². The van der Waals surface area contributed by atoms with Gasteiger partial charge in [-0.05, 0) is 153 Å². The third-order valence-corrected chi connectivity index (χ3v) is 25.3. The molecule has 642 valence electrons. The van der Waals surface area contributed by atoms with Gasteiger partial charge in [-0.1, -0.05) is 196 Å². The van der Waals surface area contributed by atoms with Gasteiger partial charge in [-0.25, -0.2) is 14.4 Å². The Labute approximate surface area is 675 Å². The monoisotopic (exact) mass is 1600 g/mol. The Kier molecular flexibility index (Phi) is 32.5. The highest BCUT2D eigenvalue weighted by molar-refractivity contribution is 6.39. The van der Waals surface area contributed by atoms with E-state index in [0.717, 1.165) is 135 Å². The first-order valence-corrected chi connectivity index (χ1v) is 42.7. The molecule has 0 unspecified atom stereocenters. The van der Waals surface area contributed by atoms with Crippen LogP contribution in [0.4, 0.5) is 14.4 Å². The fraction of sp³-hybridized carbons (Fsp3) is 0.821. The molecule has 0 radical (unpaired) electrons. The van der Waals surface area contributed by atoms with Crippen molar-refractivity contribution in [3.63, 3.8) is 0 Å². The summed E-state index contributed by atoms with van der Waals surface area (Å²) in [6, 6.07) is -8.50. The number of hydrogen-bond acceptors (Lipinski definition) is 16. The van der Waals surface area contributed by atoms with Crippen molar-refractivity contribution < 1.29 is 76.7 Å². The van der Waals surface area contributed by atoms with E-state index in [-0.39, 0.29) is 69.5 Å². The van der Waals surface area contributed by atoms with E-state index in [2.05, 4.69) is 84.1 Å². The minimum atomic E-state index is -1.08. The molecule has 0 aromatic rings. The lowest BCUT2D eigenvalue weighted by Gasteiger charge is -2.34. The van der Waals surface area contributed by atoms with Gasteiger partial charge in [0.2, 0.25) is 52.8 Å². The van der Waals surface area contributed by atoms with Gasteiger partial charge in [0.25, 0.3) is 17.7 Å². The summed E-state index contributed by atoms with van der Waals surface area (Å²) < 4.78 is 5.42. The van der Waals surface area contributed by atoms with E-state index in [1.807, 2.05) is 41.5 Å². The molecule has 14 N–H and O–H groups in total. The predicted molar refractivity (Wildman–Crippen MR) is 429 cm³/mol. The Morgan fingerprint density at radius 3 is 0.789 bits per heavy atom. The molecule has 9 rings (SSSR count). The van der Waals surface area contributed by atoms with E-state index in [0.29, 0.717) is 77.4 Å². The van der Waals surface area contributed by atoms with Gasteiger partial charge in [0, 0.05) is 30.7 Å². The number of alkyl carbamates (subject to hydrolysis) is 1. The van der Waals surface area contributed by atoms with E-state index in [1.165, 1.54) is 0 Å². The van der Waals surface area contributed by atoms with Crippen molar-refractivity contribution in [3.8, 4) is 0 Å². The second-order valence-electron chi connectivity index (χ2n) is 38.8. The Hall–Kier alpha value is -7.95. The molecular formula is C84H140N14O16. The summed E-state index contributed by atoms with van der Waals surface area (Å²) in [6.07, 6.45) is 24.3. The summed E-state index contributed by atoms with van der Waals surface area (Å²) in [5, 5.41) is 22.6. The summed E-state index contributed by atoms with van der Waals surface area (Å²) in [5.41, 5.74) is 13.9. The number of piperidine rings is 3. The van der Waals surface area contributed by atoms with Gasteiger partial charge < -0.3 is 79.2 Å². The average Bonchev–Trinajstić information content (AvgIpc) is 1.54. The third kappa shape index (κ3) is 25.5. The first-order chi connectivity index (χ1) is 53.2. The van der Waals surface area contributed by atoms with Gasteiger partial charge in [0.15, 0.2) is 0 Å². The van der Waals surface area contributed by atoms with Crippen LogP contribution in [0.2, 0.25) is 0 Å². The highest BCUT2D eigenvalue weighted by Crippen LogP contribution is 2.67. The maximum absolute atomic E-state index is 13.9. The number of Topliss-reactive ketones (excluding diaryl/α,β-unsaturated/α-hetero) is 3. The number of ether oxygens (including phenoxy) is 1. The number of nitrogens with zero attached hydrogens (tertiary/aromatic N) is 3. The van der Waals surface area contributed by atoms with Crippen LogP contribution >= 0.6 is 0 Å². The zero-order valence-corrected chi connectivity index (χ0v) is 71.1. The van der Waals surface area contributed by atoms with Crippen LogP contribution in [0.3, 0.4) is 0 Å². The van der Waals surface area contributed by atoms with Crippen molar-refractivity contribution >= 4 is 88.7 Å². The Bertz CT molecular complexity index is 3130. The number of amides is 14. The fourth-order valence-corrected chi connectivity index (χ4v) is 18.7. The molecule has 9 fully saturated rings. The average molecular weight is 1600 g/mol. The number of nitrogens with two attached hydrogens (primary N) is 3. The molecule has 6 aliphatic heterocycles. The van der Waals surface area contributed by atoms with E-state index in [9.17, 15) is 71.9 Å². The van der Waals surface area contributed by atoms with Crippen molar-refractivity contribution in [1.29, 1.82) is 0 Å². The number of hydrogen-bond donors (Lipinski definition) is 11. The van der Waals surface area contributed by atoms with Gasteiger partial charge in [0.1, 0.15) is 41.9 Å². The van der Waals surface area contributed by atoms with Crippen LogP contribution in [0.1, 0.15) is 296 Å². The number of primary amides is 3. The number of nitrogens with one attached hydrogen (secondary N) is 8. The lowest BCUT2D eigenvalue weighted by Crippen LogP contribution is -2.59. The number of rotatable bonds is 9. The number of carbonyl (C=O) groups excluding carboxylic acids is 15. The van der Waals surface area contributed by atoms with Gasteiger partial charge >= 0.3 is 18.2 Å². The normalized spacial score (nSPS) is 30.8. The van der Waals surface area contributed by atoms with Crippen molar-refractivity contribution in [1.82, 2.24) is 57.2 Å². The number of carbonyl (C=O) groups is 15. The largest absolute Gasteiger partial charge is 0.444 e. The smallest absolute Gasteiger partial charge is 0.408 e. The molecule has 0 aromatic carbocycles. The molecule has 3 aliphatic carbocycles. The standard InChI is InChI=1S/2C28H47N5O5.C28H46N4O6/c2*1-27(2,3)32-26(38)31-19-15-13-11-9-7-6-8-10-12-14-18(22(34)23(29)35)30-24(36)21-20-17(28(20,4)5)16-33(21)25(19)37;1-27(2,3)38-26(37)31-19-15-13-11-9-7-6-8-10-12-14-18(22(33)23(29)34)30-24(35)21-20-17(28(20,4)5)16-32(21)25(19)36/h2*17-21H,6-16H2,1-5H3,(H2,29,35)(H,30,36)(H2,31,32,38);17-21H,6-16H2,1-5H3,(H2,29,34)(H,30,35)(H,31,37)/t3*17-,18-,19-,20-,21-/m000/s1. The van der Waals surface area contributed by atoms with Gasteiger partial charge in [-0.15, -0.1) is 0 Å². The zero-order chi connectivity index (χ0) is 84.8. The molecule has 0 bridgehead atoms. The van der Waals surface area contributed by atoms with E-state index in [4.69, 9.17) is 21.9 Å². The Morgan fingerprint density at radius 2 is 0.570 bits per heavy atom. The Balaban J connectivity index is 0.000000237. The van der Waals surface area contributed by atoms with Crippen LogP contribution in [-0.2, 0) is 62.3 Å². The molecular weight excluding hydrogens is 1460 g/mol. The second-order valence-corrected chi connectivity index (χ2v) is 38.8. The predicted octanol–water partition coefficient (Wildman–Crippen LogP) is 7.60. The molecule has 114 heavy (non-hydrogen) atoms. The molecule has 0 spiro atoms. The number of urea groups is 2. The molecule has 6 heterocycles. The Morgan fingerprint density at radius 1 is 0.351 bits per heavy atom. The topological polar surface area (TPSA) is 449 Å². The summed E-state index contributed by atoms with van der Waals surface area (Å²) >= 11 is 0. The van der Waals surface area contributed by atoms with E-state index < -0.39 is 142 Å². The molecule has 3 saturated carbocycles. The fourth-order valence-electron chi connectivity index (χ4n) is 18.7. The van der Waals surface area contributed by atoms with Crippen molar-refractivity contribution in [2.75, 3.05) is 19.6 Å². The quantitative estimate of drug-likeness (QED) is 0.0990. The van der Waals surface area contributed by atoms with Crippen molar-refractivity contribution in [3.05, 3.63) is 0 Å². The van der Waals surface area contributed by atoms with Crippen LogP contribution < -0.4 is 59.7 Å². The van der Waals surface area contributed by atoms with Crippen LogP contribution in [0.25, 0.3) is 0 Å². The van der Waals surface area contributed by atoms with E-state index in [1.54, 1.807) is 35.5 Å². The molecule has 6 saturated heterocycles. The van der Waals surface area contributed by atoms with Crippen LogP contribution in [0.5, 0.6) is 0 Å². The van der Waals surface area contributed by atoms with Crippen molar-refractivity contribution in [2.45, 2.75) is 368 Å². The molecule has 30 nitrogen and oxygen atoms in total. The maximum Gasteiger partial charge on any atom is 0.408 e. The zero-order valence-electron chi connectivity index (χ0n) is 71.1. The van der Waals surface area contributed by atoms with Gasteiger partial charge in [-0.2, -0.15) is 0 Å². The van der Waals surface area contributed by atoms with Gasteiger partial charge in [0.05, 0.1) is 18.1 Å². The molecule has 0 aromatic heterocycles. The second kappa shape index (κ2) is 39.8. The first-order valence-electron chi connectivity index (χ1n) is 42.7. The minimum Gasteiger partial charge on any atom is -0.444 e. The molecule has 30 heteroatoms. The SMILES string of the molecule is CC(C)(C)NC(=O)N[C@H]1CCCCCCCCCC[C@@H](C(=O)C(N)=O)NC(=O)[C@@H]2[C@@H]3[C@H](CN2C1=O)C3(C)C.CC(C)(C)NC(=O)N[C@H]1CCCCCCCCCC[C@@H](C(=O)C(N)=O)NC(=O)[C@@H]2[C@@H]3[C@H](CN2C1=O)C3(C)C.CC(C)(C)OC(=O)N[C@H]1CCCCCCCCCC[C@@H](C(=O)C(N)=O)NC(=O)[C@@H]2[C@@H]3[C@H](CN2C1=O)C3(C)C. The van der Waals surface area contributed by atoms with Gasteiger partial charge in [-0.3, -0.25) is 57.5 Å². The number of fused-ring (bicyclic) bond motifs is 9. The summed E-state index contributed by atoms with van der Waals surface area (Å²) in [5.74, 6) is -7.57.